The van der Waals surface area contributed by atoms with Crippen LogP contribution in [0.5, 0.6) is 0 Å². The molecule has 2 fully saturated rings. The lowest BCUT2D eigenvalue weighted by atomic mass is 10.2. The van der Waals surface area contributed by atoms with Gasteiger partial charge in [-0.2, -0.15) is 8.75 Å². The third-order valence-electron chi connectivity index (χ3n) is 4.74. The first-order valence-electron chi connectivity index (χ1n) is 9.21. The van der Waals surface area contributed by atoms with E-state index in [1.54, 1.807) is 0 Å². The van der Waals surface area contributed by atoms with E-state index in [2.05, 4.69) is 33.7 Å². The van der Waals surface area contributed by atoms with Gasteiger partial charge < -0.3 is 15.0 Å². The molecule has 11 heteroatoms. The van der Waals surface area contributed by atoms with Crippen molar-refractivity contribution in [3.63, 3.8) is 0 Å². The number of hydrogen-bond donors (Lipinski definition) is 1. The molecule has 0 bridgehead atoms. The van der Waals surface area contributed by atoms with Crippen molar-refractivity contribution in [2.45, 2.75) is 24.0 Å². The summed E-state index contributed by atoms with van der Waals surface area (Å²) in [6, 6.07) is 6.03. The Morgan fingerprint density at radius 3 is 2.93 bits per heavy atom. The van der Waals surface area contributed by atoms with Gasteiger partial charge in [0.2, 0.25) is 11.9 Å². The molecule has 1 amide bonds. The molecule has 0 atom stereocenters. The molecular formula is C17H19N7O2S2. The number of nitrogens with zero attached hydrogens (tertiary/aromatic N) is 6. The van der Waals surface area contributed by atoms with Crippen molar-refractivity contribution in [1.82, 2.24) is 23.5 Å². The molecule has 2 aromatic heterocycles. The van der Waals surface area contributed by atoms with Crippen LogP contribution in [0.15, 0.2) is 23.4 Å². The van der Waals surface area contributed by atoms with Crippen LogP contribution in [0.1, 0.15) is 18.9 Å². The SMILES string of the molecule is O=C(CSc1nnc(N2CCOCC2)n1C1CC1)Nc1cccc2nsnc12. The Kier molecular flexibility index (Phi) is 4.87. The number of nitrogens with one attached hydrogen (secondary N) is 1. The van der Waals surface area contributed by atoms with E-state index in [0.29, 0.717) is 24.9 Å². The summed E-state index contributed by atoms with van der Waals surface area (Å²) in [6.07, 6.45) is 2.27. The molecule has 1 aliphatic heterocycles. The number of aromatic nitrogens is 5. The Hall–Kier alpha value is -2.24. The quantitative estimate of drug-likeness (QED) is 0.610. The van der Waals surface area contributed by atoms with Gasteiger partial charge in [-0.05, 0) is 25.0 Å². The Bertz CT molecular complexity index is 994. The molecule has 146 valence electrons. The number of ether oxygens (including phenoxy) is 1. The van der Waals surface area contributed by atoms with Crippen molar-refractivity contribution in [2.75, 3.05) is 42.3 Å². The third-order valence-corrected chi connectivity index (χ3v) is 6.23. The molecule has 2 aliphatic rings. The van der Waals surface area contributed by atoms with Gasteiger partial charge >= 0.3 is 0 Å². The number of benzene rings is 1. The summed E-state index contributed by atoms with van der Waals surface area (Å²) in [4.78, 5) is 14.7. The molecular weight excluding hydrogens is 398 g/mol. The molecule has 0 spiro atoms. The zero-order chi connectivity index (χ0) is 18.9. The van der Waals surface area contributed by atoms with Gasteiger partial charge in [-0.1, -0.05) is 17.8 Å². The number of carbonyl (C=O) groups is 1. The van der Waals surface area contributed by atoms with Gasteiger partial charge in [0.15, 0.2) is 5.16 Å². The largest absolute Gasteiger partial charge is 0.378 e. The Balaban J connectivity index is 1.28. The fourth-order valence-electron chi connectivity index (χ4n) is 3.22. The number of carbonyl (C=O) groups excluding carboxylic acids is 1. The first-order chi connectivity index (χ1) is 13.8. The number of thioether (sulfide) groups is 1. The zero-order valence-corrected chi connectivity index (χ0v) is 16.7. The van der Waals surface area contributed by atoms with Crippen LogP contribution in [-0.4, -0.2) is 61.5 Å². The van der Waals surface area contributed by atoms with Crippen LogP contribution in [0.25, 0.3) is 11.0 Å². The second-order valence-electron chi connectivity index (χ2n) is 6.76. The highest BCUT2D eigenvalue weighted by molar-refractivity contribution is 7.99. The lowest BCUT2D eigenvalue weighted by molar-refractivity contribution is -0.113. The van der Waals surface area contributed by atoms with Crippen molar-refractivity contribution in [3.05, 3.63) is 18.2 Å². The number of morpholine rings is 1. The minimum absolute atomic E-state index is 0.0937. The molecule has 0 unspecified atom stereocenters. The molecule has 0 radical (unpaired) electrons. The van der Waals surface area contributed by atoms with Crippen LogP contribution in [0.4, 0.5) is 11.6 Å². The molecule has 1 N–H and O–H groups in total. The van der Waals surface area contributed by atoms with Gasteiger partial charge in [-0.15, -0.1) is 10.2 Å². The van der Waals surface area contributed by atoms with Crippen LogP contribution in [0.3, 0.4) is 0 Å². The van der Waals surface area contributed by atoms with Gasteiger partial charge in [-0.25, -0.2) is 0 Å². The van der Waals surface area contributed by atoms with E-state index in [-0.39, 0.29) is 11.7 Å². The van der Waals surface area contributed by atoms with Crippen LogP contribution in [-0.2, 0) is 9.53 Å². The average Bonchev–Trinajstić information content (AvgIpc) is 3.28. The van der Waals surface area contributed by atoms with Gasteiger partial charge in [0.25, 0.3) is 0 Å². The second-order valence-corrected chi connectivity index (χ2v) is 8.23. The number of rotatable bonds is 6. The summed E-state index contributed by atoms with van der Waals surface area (Å²) in [5.74, 6) is 1.07. The molecule has 1 aromatic carbocycles. The first kappa shape index (κ1) is 17.8. The first-order valence-corrected chi connectivity index (χ1v) is 10.9. The Morgan fingerprint density at radius 1 is 1.25 bits per heavy atom. The van der Waals surface area contributed by atoms with Crippen LogP contribution < -0.4 is 10.2 Å². The highest BCUT2D eigenvalue weighted by Gasteiger charge is 2.32. The maximum atomic E-state index is 12.5. The fourth-order valence-corrected chi connectivity index (χ4v) is 4.57. The maximum absolute atomic E-state index is 12.5. The maximum Gasteiger partial charge on any atom is 0.234 e. The summed E-state index contributed by atoms with van der Waals surface area (Å²) < 4.78 is 16.1. The lowest BCUT2D eigenvalue weighted by Crippen LogP contribution is -2.38. The standard InChI is InChI=1S/C17H19N7O2S2/c25-14(18-12-2-1-3-13-15(12)22-28-21-13)10-27-17-20-19-16(24(17)11-4-5-11)23-6-8-26-9-7-23/h1-3,11H,4-10H2,(H,18,25). The normalized spacial score (nSPS) is 17.2. The van der Waals surface area contributed by atoms with E-state index in [1.807, 2.05) is 18.2 Å². The van der Waals surface area contributed by atoms with E-state index in [1.165, 1.54) is 11.8 Å². The van der Waals surface area contributed by atoms with Crippen molar-refractivity contribution >= 4 is 52.1 Å². The van der Waals surface area contributed by atoms with Crippen LogP contribution in [0.2, 0.25) is 0 Å². The number of fused-ring (bicyclic) bond motifs is 1. The van der Waals surface area contributed by atoms with Crippen molar-refractivity contribution < 1.29 is 9.53 Å². The molecule has 1 saturated heterocycles. The highest BCUT2D eigenvalue weighted by Crippen LogP contribution is 2.41. The topological polar surface area (TPSA) is 98.1 Å². The van der Waals surface area contributed by atoms with E-state index in [4.69, 9.17) is 4.74 Å². The summed E-state index contributed by atoms with van der Waals surface area (Å²) in [5.41, 5.74) is 2.20. The Labute approximate surface area is 169 Å². The second kappa shape index (κ2) is 7.64. The smallest absolute Gasteiger partial charge is 0.234 e. The molecule has 9 nitrogen and oxygen atoms in total. The number of hydrogen-bond acceptors (Lipinski definition) is 9. The van der Waals surface area contributed by atoms with Crippen LogP contribution in [0, 0.1) is 0 Å². The molecule has 3 heterocycles. The van der Waals surface area contributed by atoms with E-state index in [0.717, 1.165) is 59.8 Å². The van der Waals surface area contributed by atoms with Gasteiger partial charge in [0, 0.05) is 19.1 Å². The third kappa shape index (κ3) is 3.56. The number of amides is 1. The fraction of sp³-hybridized carbons (Fsp3) is 0.471. The van der Waals surface area contributed by atoms with Crippen molar-refractivity contribution in [2.24, 2.45) is 0 Å². The number of anilines is 2. The van der Waals surface area contributed by atoms with E-state index in [9.17, 15) is 4.79 Å². The highest BCUT2D eigenvalue weighted by atomic mass is 32.2. The summed E-state index contributed by atoms with van der Waals surface area (Å²) in [7, 11) is 0. The summed E-state index contributed by atoms with van der Waals surface area (Å²) in [5, 5.41) is 12.5. The minimum Gasteiger partial charge on any atom is -0.378 e. The van der Waals surface area contributed by atoms with Crippen molar-refractivity contribution in [3.8, 4) is 0 Å². The van der Waals surface area contributed by atoms with Gasteiger partial charge in [0.1, 0.15) is 11.0 Å². The minimum atomic E-state index is -0.0937. The zero-order valence-electron chi connectivity index (χ0n) is 15.1. The van der Waals surface area contributed by atoms with Gasteiger partial charge in [0.05, 0.1) is 36.4 Å². The summed E-state index contributed by atoms with van der Waals surface area (Å²) >= 11 is 2.56. The van der Waals surface area contributed by atoms with Crippen LogP contribution >= 0.6 is 23.5 Å². The predicted octanol–water partition coefficient (Wildman–Crippen LogP) is 2.19. The van der Waals surface area contributed by atoms with E-state index >= 15 is 0 Å². The lowest BCUT2D eigenvalue weighted by Gasteiger charge is -2.27. The Morgan fingerprint density at radius 2 is 2.11 bits per heavy atom. The summed E-state index contributed by atoms with van der Waals surface area (Å²) in [6.45, 7) is 3.06. The monoisotopic (exact) mass is 417 g/mol. The molecule has 1 aliphatic carbocycles. The molecule has 28 heavy (non-hydrogen) atoms. The van der Waals surface area contributed by atoms with E-state index < -0.39 is 0 Å². The molecule has 3 aromatic rings. The molecule has 5 rings (SSSR count). The predicted molar refractivity (Wildman–Crippen MR) is 108 cm³/mol. The van der Waals surface area contributed by atoms with Crippen molar-refractivity contribution in [1.29, 1.82) is 0 Å². The van der Waals surface area contributed by atoms with Gasteiger partial charge in [-0.3, -0.25) is 9.36 Å². The molecule has 1 saturated carbocycles. The average molecular weight is 418 g/mol.